The second-order valence-electron chi connectivity index (χ2n) is 5.03. The van der Waals surface area contributed by atoms with Gasteiger partial charge in [0.15, 0.2) is 0 Å². The maximum Gasteiger partial charge on any atom is 0.0948 e. The van der Waals surface area contributed by atoms with Gasteiger partial charge in [-0.1, -0.05) is 11.6 Å². The van der Waals surface area contributed by atoms with Crippen molar-refractivity contribution in [3.63, 3.8) is 0 Å². The van der Waals surface area contributed by atoms with Crippen molar-refractivity contribution in [1.29, 1.82) is 0 Å². The Hall–Kier alpha value is -1.65. The highest BCUT2D eigenvalue weighted by Gasteiger charge is 2.15. The van der Waals surface area contributed by atoms with E-state index in [0.29, 0.717) is 0 Å². The van der Waals surface area contributed by atoms with E-state index < -0.39 is 0 Å². The average molecular weight is 318 g/mol. The zero-order chi connectivity index (χ0) is 15.0. The number of halogens is 1. The summed E-state index contributed by atoms with van der Waals surface area (Å²) in [5, 5.41) is 6.28. The van der Waals surface area contributed by atoms with E-state index in [1.54, 1.807) is 17.5 Å². The molecule has 3 aromatic rings. The second-order valence-corrected chi connectivity index (χ2v) is 6.85. The molecule has 0 saturated heterocycles. The summed E-state index contributed by atoms with van der Waals surface area (Å²) in [6.45, 7) is 6.26. The first-order valence-corrected chi connectivity index (χ1v) is 7.99. The number of fused-ring (bicyclic) bond motifs is 1. The third kappa shape index (κ3) is 2.74. The van der Waals surface area contributed by atoms with Crippen molar-refractivity contribution in [2.75, 3.05) is 5.32 Å². The van der Waals surface area contributed by atoms with Gasteiger partial charge in [0.1, 0.15) is 0 Å². The highest BCUT2D eigenvalue weighted by molar-refractivity contribution is 7.11. The zero-order valence-electron chi connectivity index (χ0n) is 12.1. The predicted molar refractivity (Wildman–Crippen MR) is 90.4 cm³/mol. The first-order valence-electron chi connectivity index (χ1n) is 6.80. The molecule has 0 fully saturated rings. The summed E-state index contributed by atoms with van der Waals surface area (Å²) in [6.07, 6.45) is 1.78. The lowest BCUT2D eigenvalue weighted by atomic mass is 10.1. The molecule has 5 heteroatoms. The van der Waals surface area contributed by atoms with E-state index in [1.165, 1.54) is 4.88 Å². The standard InChI is InChI=1S/C16H16ClN3S/c1-9(15-10(2)21-11(3)20-15)19-14-7-6-13(17)12-5-4-8-18-16(12)14/h4-9,19H,1-3H3. The molecule has 0 radical (unpaired) electrons. The molecule has 21 heavy (non-hydrogen) atoms. The Labute approximate surface area is 133 Å². The van der Waals surface area contributed by atoms with Gasteiger partial charge in [0.05, 0.1) is 33.0 Å². The van der Waals surface area contributed by atoms with Crippen LogP contribution in [0.15, 0.2) is 30.5 Å². The molecule has 3 nitrogen and oxygen atoms in total. The Balaban J connectivity index is 1.99. The molecule has 3 rings (SSSR count). The molecule has 108 valence electrons. The van der Waals surface area contributed by atoms with Crippen LogP contribution in [0.25, 0.3) is 10.9 Å². The lowest BCUT2D eigenvalue weighted by molar-refractivity contribution is 0.838. The number of hydrogen-bond acceptors (Lipinski definition) is 4. The van der Waals surface area contributed by atoms with Crippen molar-refractivity contribution in [2.45, 2.75) is 26.8 Å². The van der Waals surface area contributed by atoms with E-state index >= 15 is 0 Å². The van der Waals surface area contributed by atoms with Crippen molar-refractivity contribution >= 4 is 39.5 Å². The van der Waals surface area contributed by atoms with Crippen LogP contribution in [0.1, 0.15) is 28.5 Å². The van der Waals surface area contributed by atoms with Crippen LogP contribution in [-0.4, -0.2) is 9.97 Å². The fraction of sp³-hybridized carbons (Fsp3) is 0.250. The maximum atomic E-state index is 6.23. The minimum Gasteiger partial charge on any atom is -0.375 e. The molecule has 1 atom stereocenters. The normalized spacial score (nSPS) is 12.6. The van der Waals surface area contributed by atoms with E-state index in [1.807, 2.05) is 31.2 Å². The predicted octanol–water partition coefficient (Wildman–Crippen LogP) is 5.13. The van der Waals surface area contributed by atoms with Crippen LogP contribution in [-0.2, 0) is 0 Å². The van der Waals surface area contributed by atoms with Gasteiger partial charge in [0.25, 0.3) is 0 Å². The Morgan fingerprint density at radius 1 is 1.24 bits per heavy atom. The Bertz CT molecular complexity index is 797. The average Bonchev–Trinajstić information content (AvgIpc) is 2.81. The summed E-state index contributed by atoms with van der Waals surface area (Å²) in [5.74, 6) is 0. The van der Waals surface area contributed by atoms with Crippen LogP contribution in [0.5, 0.6) is 0 Å². The van der Waals surface area contributed by atoms with Gasteiger partial charge in [-0.05, 0) is 45.0 Å². The largest absolute Gasteiger partial charge is 0.375 e. The Morgan fingerprint density at radius 3 is 2.76 bits per heavy atom. The lowest BCUT2D eigenvalue weighted by Gasteiger charge is -2.16. The van der Waals surface area contributed by atoms with Gasteiger partial charge in [0.2, 0.25) is 0 Å². The van der Waals surface area contributed by atoms with Gasteiger partial charge in [-0.2, -0.15) is 0 Å². The fourth-order valence-electron chi connectivity index (χ4n) is 2.50. The van der Waals surface area contributed by atoms with E-state index in [2.05, 4.69) is 29.1 Å². The molecule has 0 aliphatic heterocycles. The van der Waals surface area contributed by atoms with Crippen LogP contribution >= 0.6 is 22.9 Å². The summed E-state index contributed by atoms with van der Waals surface area (Å²) in [7, 11) is 0. The van der Waals surface area contributed by atoms with Gasteiger partial charge < -0.3 is 5.32 Å². The third-order valence-electron chi connectivity index (χ3n) is 3.44. The van der Waals surface area contributed by atoms with Crippen LogP contribution in [0.3, 0.4) is 0 Å². The first-order chi connectivity index (χ1) is 10.1. The van der Waals surface area contributed by atoms with Gasteiger partial charge in [-0.15, -0.1) is 11.3 Å². The molecule has 0 bridgehead atoms. The number of aryl methyl sites for hydroxylation is 2. The molecule has 0 amide bonds. The van der Waals surface area contributed by atoms with Crippen molar-refractivity contribution < 1.29 is 0 Å². The summed E-state index contributed by atoms with van der Waals surface area (Å²) < 4.78 is 0. The molecule has 0 aliphatic carbocycles. The number of thiazole rings is 1. The molecule has 2 aromatic heterocycles. The minimum atomic E-state index is 0.126. The summed E-state index contributed by atoms with van der Waals surface area (Å²) in [6, 6.07) is 7.89. The van der Waals surface area contributed by atoms with Crippen LogP contribution in [0.4, 0.5) is 5.69 Å². The maximum absolute atomic E-state index is 6.23. The number of nitrogens with one attached hydrogen (secondary N) is 1. The molecule has 0 aliphatic rings. The molecule has 0 saturated carbocycles. The lowest BCUT2D eigenvalue weighted by Crippen LogP contribution is -2.09. The van der Waals surface area contributed by atoms with Crippen molar-refractivity contribution in [3.8, 4) is 0 Å². The third-order valence-corrected chi connectivity index (χ3v) is 4.67. The number of hydrogen-bond donors (Lipinski definition) is 1. The van der Waals surface area contributed by atoms with E-state index in [9.17, 15) is 0 Å². The number of anilines is 1. The van der Waals surface area contributed by atoms with E-state index in [-0.39, 0.29) is 6.04 Å². The molecular weight excluding hydrogens is 302 g/mol. The van der Waals surface area contributed by atoms with Crippen LogP contribution < -0.4 is 5.32 Å². The zero-order valence-corrected chi connectivity index (χ0v) is 13.7. The first kappa shape index (κ1) is 14.3. The van der Waals surface area contributed by atoms with Crippen molar-refractivity contribution in [2.24, 2.45) is 0 Å². The summed E-state index contributed by atoms with van der Waals surface area (Å²) in [4.78, 5) is 10.3. The Kier molecular flexibility index (Phi) is 3.83. The fourth-order valence-corrected chi connectivity index (χ4v) is 3.63. The van der Waals surface area contributed by atoms with Gasteiger partial charge in [-0.3, -0.25) is 4.98 Å². The Morgan fingerprint density at radius 2 is 2.05 bits per heavy atom. The molecular formula is C16H16ClN3S. The van der Waals surface area contributed by atoms with Crippen molar-refractivity contribution in [3.05, 3.63) is 51.1 Å². The number of benzene rings is 1. The highest BCUT2D eigenvalue weighted by atomic mass is 35.5. The highest BCUT2D eigenvalue weighted by Crippen LogP contribution is 2.31. The second kappa shape index (κ2) is 5.62. The van der Waals surface area contributed by atoms with Crippen LogP contribution in [0.2, 0.25) is 5.02 Å². The topological polar surface area (TPSA) is 37.8 Å². The number of aromatic nitrogens is 2. The van der Waals surface area contributed by atoms with Gasteiger partial charge in [-0.25, -0.2) is 4.98 Å². The molecule has 2 heterocycles. The summed E-state index contributed by atoms with van der Waals surface area (Å²) >= 11 is 7.96. The van der Waals surface area contributed by atoms with E-state index in [4.69, 9.17) is 11.6 Å². The quantitative estimate of drug-likeness (QED) is 0.727. The molecule has 0 spiro atoms. The SMILES string of the molecule is Cc1nc(C(C)Nc2ccc(Cl)c3cccnc23)c(C)s1. The minimum absolute atomic E-state index is 0.126. The van der Waals surface area contributed by atoms with Crippen molar-refractivity contribution in [1.82, 2.24) is 9.97 Å². The van der Waals surface area contributed by atoms with Crippen LogP contribution in [0, 0.1) is 13.8 Å². The number of rotatable bonds is 3. The monoisotopic (exact) mass is 317 g/mol. The molecule has 1 aromatic carbocycles. The molecule has 1 unspecified atom stereocenters. The number of pyridine rings is 1. The number of nitrogens with zero attached hydrogens (tertiary/aromatic N) is 2. The molecule has 1 N–H and O–H groups in total. The van der Waals surface area contributed by atoms with Gasteiger partial charge in [0, 0.05) is 16.5 Å². The van der Waals surface area contributed by atoms with E-state index in [0.717, 1.165) is 32.3 Å². The smallest absolute Gasteiger partial charge is 0.0948 e. The summed E-state index contributed by atoms with van der Waals surface area (Å²) in [5.41, 5.74) is 2.96. The van der Waals surface area contributed by atoms with Gasteiger partial charge >= 0.3 is 0 Å².